The van der Waals surface area contributed by atoms with Gasteiger partial charge in [0.25, 0.3) is 0 Å². The number of hydrogen-bond donors (Lipinski definition) is 0. The molecule has 0 amide bonds. The molecular weight excluding hydrogens is 296 g/mol. The van der Waals surface area contributed by atoms with Crippen molar-refractivity contribution in [1.82, 2.24) is 19.7 Å². The SMILES string of the molecule is Clc1ccc(-c2cc3ccccc3c(-n3cncn3)n2)cc1. The van der Waals surface area contributed by atoms with Gasteiger partial charge in [-0.2, -0.15) is 5.10 Å². The van der Waals surface area contributed by atoms with Crippen molar-refractivity contribution in [3.05, 3.63) is 72.3 Å². The van der Waals surface area contributed by atoms with Crippen molar-refractivity contribution in [2.45, 2.75) is 0 Å². The van der Waals surface area contributed by atoms with Crippen molar-refractivity contribution in [2.24, 2.45) is 0 Å². The van der Waals surface area contributed by atoms with Gasteiger partial charge in [-0.15, -0.1) is 0 Å². The molecule has 0 saturated heterocycles. The van der Waals surface area contributed by atoms with Crippen molar-refractivity contribution < 1.29 is 0 Å². The molecule has 22 heavy (non-hydrogen) atoms. The summed E-state index contributed by atoms with van der Waals surface area (Å²) in [6.07, 6.45) is 3.16. The molecule has 0 atom stereocenters. The van der Waals surface area contributed by atoms with Crippen LogP contribution in [0.5, 0.6) is 0 Å². The Hall–Kier alpha value is -2.72. The average molecular weight is 307 g/mol. The number of benzene rings is 2. The topological polar surface area (TPSA) is 43.6 Å². The minimum Gasteiger partial charge on any atom is -0.228 e. The van der Waals surface area contributed by atoms with Gasteiger partial charge in [0.15, 0.2) is 5.82 Å². The molecule has 0 aliphatic carbocycles. The van der Waals surface area contributed by atoms with Crippen LogP contribution in [0.4, 0.5) is 0 Å². The van der Waals surface area contributed by atoms with E-state index in [9.17, 15) is 0 Å². The standard InChI is InChI=1S/C17H11ClN4/c18-14-7-5-12(6-8-14)16-9-13-3-1-2-4-15(13)17(21-16)22-11-19-10-20-22/h1-11H. The zero-order chi connectivity index (χ0) is 14.9. The molecule has 0 unspecified atom stereocenters. The molecule has 0 aliphatic heterocycles. The van der Waals surface area contributed by atoms with Gasteiger partial charge < -0.3 is 0 Å². The Kier molecular flexibility index (Phi) is 3.09. The number of aromatic nitrogens is 4. The molecule has 4 nitrogen and oxygen atoms in total. The molecule has 4 aromatic rings. The van der Waals surface area contributed by atoms with E-state index in [1.54, 1.807) is 11.0 Å². The normalized spacial score (nSPS) is 11.0. The van der Waals surface area contributed by atoms with Gasteiger partial charge in [0.05, 0.1) is 5.69 Å². The van der Waals surface area contributed by atoms with Crippen LogP contribution in [0, 0.1) is 0 Å². The molecule has 2 heterocycles. The predicted molar refractivity (Wildman–Crippen MR) is 87.1 cm³/mol. The first-order valence-electron chi connectivity index (χ1n) is 6.82. The van der Waals surface area contributed by atoms with Crippen molar-refractivity contribution >= 4 is 22.4 Å². The van der Waals surface area contributed by atoms with Crippen LogP contribution >= 0.6 is 11.6 Å². The van der Waals surface area contributed by atoms with Gasteiger partial charge in [0.1, 0.15) is 12.7 Å². The smallest absolute Gasteiger partial charge is 0.163 e. The Morgan fingerprint density at radius 2 is 1.77 bits per heavy atom. The highest BCUT2D eigenvalue weighted by Crippen LogP contribution is 2.27. The van der Waals surface area contributed by atoms with Gasteiger partial charge in [-0.05, 0) is 23.6 Å². The summed E-state index contributed by atoms with van der Waals surface area (Å²) in [4.78, 5) is 8.77. The summed E-state index contributed by atoms with van der Waals surface area (Å²) in [7, 11) is 0. The monoisotopic (exact) mass is 306 g/mol. The first-order chi connectivity index (χ1) is 10.8. The highest BCUT2D eigenvalue weighted by Gasteiger charge is 2.09. The molecule has 0 bridgehead atoms. The van der Waals surface area contributed by atoms with Gasteiger partial charge in [-0.1, -0.05) is 48.0 Å². The van der Waals surface area contributed by atoms with Crippen LogP contribution in [0.3, 0.4) is 0 Å². The second-order valence-corrected chi connectivity index (χ2v) is 5.34. The third-order valence-corrected chi connectivity index (χ3v) is 3.75. The molecule has 106 valence electrons. The fraction of sp³-hybridized carbons (Fsp3) is 0. The Labute approximate surface area is 132 Å². The third kappa shape index (κ3) is 2.23. The highest BCUT2D eigenvalue weighted by molar-refractivity contribution is 6.30. The predicted octanol–water partition coefficient (Wildman–Crippen LogP) is 4.14. The number of fused-ring (bicyclic) bond motifs is 1. The number of halogens is 1. The first-order valence-corrected chi connectivity index (χ1v) is 7.20. The van der Waals surface area contributed by atoms with Gasteiger partial charge >= 0.3 is 0 Å². The summed E-state index contributed by atoms with van der Waals surface area (Å²) in [5.41, 5.74) is 1.89. The maximum atomic E-state index is 5.96. The second kappa shape index (κ2) is 5.24. The van der Waals surface area contributed by atoms with Crippen LogP contribution in [-0.2, 0) is 0 Å². The quantitative estimate of drug-likeness (QED) is 0.559. The van der Waals surface area contributed by atoms with Crippen molar-refractivity contribution in [1.29, 1.82) is 0 Å². The van der Waals surface area contributed by atoms with Gasteiger partial charge in [0.2, 0.25) is 0 Å². The minimum absolute atomic E-state index is 0.709. The summed E-state index contributed by atoms with van der Waals surface area (Å²) in [5, 5.41) is 7.05. The van der Waals surface area contributed by atoms with Crippen LogP contribution in [0.1, 0.15) is 0 Å². The molecule has 0 spiro atoms. The van der Waals surface area contributed by atoms with Crippen molar-refractivity contribution in [3.63, 3.8) is 0 Å². The zero-order valence-corrected chi connectivity index (χ0v) is 12.3. The minimum atomic E-state index is 0.709. The fourth-order valence-corrected chi connectivity index (χ4v) is 2.57. The summed E-state index contributed by atoms with van der Waals surface area (Å²) < 4.78 is 1.68. The van der Waals surface area contributed by atoms with Crippen LogP contribution < -0.4 is 0 Å². The Bertz CT molecular complexity index is 931. The summed E-state index contributed by atoms with van der Waals surface area (Å²) >= 11 is 5.96. The lowest BCUT2D eigenvalue weighted by molar-refractivity contribution is 0.855. The van der Waals surface area contributed by atoms with E-state index in [2.05, 4.69) is 22.2 Å². The zero-order valence-electron chi connectivity index (χ0n) is 11.5. The van der Waals surface area contributed by atoms with E-state index in [0.29, 0.717) is 5.02 Å². The van der Waals surface area contributed by atoms with Crippen molar-refractivity contribution in [3.8, 4) is 17.1 Å². The summed E-state index contributed by atoms with van der Waals surface area (Å²) in [6.45, 7) is 0. The molecule has 4 rings (SSSR count). The van der Waals surface area contributed by atoms with E-state index in [-0.39, 0.29) is 0 Å². The number of nitrogens with zero attached hydrogens (tertiary/aromatic N) is 4. The van der Waals surface area contributed by atoms with Crippen molar-refractivity contribution in [2.75, 3.05) is 0 Å². The first kappa shape index (κ1) is 13.0. The molecule has 2 aromatic heterocycles. The van der Waals surface area contributed by atoms with Gasteiger partial charge in [-0.3, -0.25) is 0 Å². The molecule has 0 radical (unpaired) electrons. The van der Waals surface area contributed by atoms with E-state index in [1.807, 2.05) is 42.5 Å². The van der Waals surface area contributed by atoms with Crippen LogP contribution in [-0.4, -0.2) is 19.7 Å². The maximum absolute atomic E-state index is 5.96. The van der Waals surface area contributed by atoms with E-state index < -0.39 is 0 Å². The largest absolute Gasteiger partial charge is 0.228 e. The van der Waals surface area contributed by atoms with Gasteiger partial charge in [0, 0.05) is 16.0 Å². The molecule has 0 N–H and O–H groups in total. The highest BCUT2D eigenvalue weighted by atomic mass is 35.5. The van der Waals surface area contributed by atoms with Crippen LogP contribution in [0.15, 0.2) is 67.3 Å². The molecule has 0 fully saturated rings. The lowest BCUT2D eigenvalue weighted by Crippen LogP contribution is -2.00. The van der Waals surface area contributed by atoms with E-state index in [1.165, 1.54) is 6.33 Å². The lowest BCUT2D eigenvalue weighted by Gasteiger charge is -2.09. The third-order valence-electron chi connectivity index (χ3n) is 3.50. The number of hydrogen-bond acceptors (Lipinski definition) is 3. The number of rotatable bonds is 2. The maximum Gasteiger partial charge on any atom is 0.163 e. The van der Waals surface area contributed by atoms with Crippen LogP contribution in [0.2, 0.25) is 5.02 Å². The molecule has 0 aliphatic rings. The molecule has 0 saturated carbocycles. The lowest BCUT2D eigenvalue weighted by atomic mass is 10.1. The van der Waals surface area contributed by atoms with Crippen LogP contribution in [0.25, 0.3) is 27.8 Å². The van der Waals surface area contributed by atoms with Gasteiger partial charge in [-0.25, -0.2) is 14.6 Å². The Balaban J connectivity index is 1.99. The molecule has 2 aromatic carbocycles. The van der Waals surface area contributed by atoms with E-state index in [4.69, 9.17) is 16.6 Å². The number of pyridine rings is 1. The van der Waals surface area contributed by atoms with E-state index in [0.717, 1.165) is 27.8 Å². The Morgan fingerprint density at radius 3 is 2.55 bits per heavy atom. The van der Waals surface area contributed by atoms with E-state index >= 15 is 0 Å². The molecular formula is C17H11ClN4. The average Bonchev–Trinajstić information content (AvgIpc) is 3.09. The fourth-order valence-electron chi connectivity index (χ4n) is 2.44. The summed E-state index contributed by atoms with van der Waals surface area (Å²) in [6, 6.07) is 17.8. The second-order valence-electron chi connectivity index (χ2n) is 4.90. The summed E-state index contributed by atoms with van der Waals surface area (Å²) in [5.74, 6) is 0.764. The molecule has 5 heteroatoms. The Morgan fingerprint density at radius 1 is 0.955 bits per heavy atom.